The van der Waals surface area contributed by atoms with Gasteiger partial charge in [0, 0.05) is 65.6 Å². The van der Waals surface area contributed by atoms with Crippen LogP contribution in [-0.2, 0) is 26.2 Å². The fraction of sp³-hybridized carbons (Fsp3) is 0.702. The molecule has 0 bridgehead atoms. The molecular formula is C114H168Br4N8O8. The molecule has 16 nitrogen and oxygen atoms in total. The summed E-state index contributed by atoms with van der Waals surface area (Å²) in [5, 5.41) is 2.27. The standard InChI is InChI=1S/C114H168Br4N8O8/c1-9-17-25-33-41-45-53-61-69-79(65-57-49-37-29-21-13-5)75-123-107(127)91-87-88-92(100(116)99(91)115)108(128)124(76-80(66-58-50-38-30-22-14-6)70-62-54-46-42-34-26-18-10-2)112(132)96(88)104-103(95(87)111(123)131)119-83-73-85-86(74-84(83)120-104)122-106-98-90-89-93(109(129)125(113(133)97(89)105(106)121-85)77-81(67-59-51-39-31-23-15-7)71-63-55-47-43-35-27-19-11-3)101(117)102(118)94(90)110(130)126(114(98)134)78-82(68-60-52-40-32-24-16-8)72-64-56-48-44-36-28-20-12-4/h73-74,79-82,119-120H,9-72,75-78H2,1-8H3. The van der Waals surface area contributed by atoms with Gasteiger partial charge in [0.15, 0.2) is 0 Å². The number of rotatable bonds is 72. The first kappa shape index (κ1) is 109. The monoisotopic (exact) mass is 2090 g/mol. The number of halogens is 4. The Balaban J connectivity index is 1.18. The molecule has 0 saturated carbocycles. The van der Waals surface area contributed by atoms with Crippen LogP contribution in [0.2, 0.25) is 0 Å². The van der Waals surface area contributed by atoms with Crippen LogP contribution in [0.3, 0.4) is 0 Å². The van der Waals surface area contributed by atoms with Gasteiger partial charge in [0.1, 0.15) is 11.0 Å². The maximum Gasteiger partial charge on any atom is 0.263 e. The Morgan fingerprint density at radius 2 is 0.373 bits per heavy atom. The molecule has 4 unspecified atom stereocenters. The number of benzene rings is 5. The summed E-state index contributed by atoms with van der Waals surface area (Å²) in [5.74, 6) is 0.0376. The van der Waals surface area contributed by atoms with E-state index in [1.54, 1.807) is 0 Å². The molecule has 5 aromatic carbocycles. The normalized spacial score (nSPS) is 13.3. The number of unbranched alkanes of at least 4 members (excludes halogenated alkanes) is 48. The lowest BCUT2D eigenvalue weighted by Gasteiger charge is -2.23. The van der Waals surface area contributed by atoms with Crippen LogP contribution >= 0.6 is 63.7 Å². The highest BCUT2D eigenvalue weighted by molar-refractivity contribution is 9.13. The van der Waals surface area contributed by atoms with Crippen LogP contribution in [0.5, 0.6) is 0 Å². The number of aromatic nitrogens is 8. The van der Waals surface area contributed by atoms with Crippen molar-refractivity contribution < 1.29 is 0 Å². The van der Waals surface area contributed by atoms with Crippen LogP contribution in [0.1, 0.15) is 466 Å². The minimum atomic E-state index is -0.549. The first-order valence-electron chi connectivity index (χ1n) is 55.0. The molecule has 0 aliphatic heterocycles. The number of hydrogen-bond donors (Lipinski definition) is 2. The van der Waals surface area contributed by atoms with E-state index in [2.05, 4.69) is 129 Å². The van der Waals surface area contributed by atoms with Crippen molar-refractivity contribution in [2.75, 3.05) is 0 Å². The van der Waals surface area contributed by atoms with Crippen molar-refractivity contribution in [1.29, 1.82) is 0 Å². The van der Waals surface area contributed by atoms with Crippen molar-refractivity contribution >= 4 is 172 Å². The minimum Gasteiger partial charge on any atom is -0.351 e. The van der Waals surface area contributed by atoms with Gasteiger partial charge in [0.25, 0.3) is 44.5 Å². The minimum absolute atomic E-state index is 0.00419. The van der Waals surface area contributed by atoms with Crippen LogP contribution in [0, 0.1) is 23.7 Å². The molecule has 0 fully saturated rings. The van der Waals surface area contributed by atoms with E-state index in [0.717, 1.165) is 231 Å². The van der Waals surface area contributed by atoms with Gasteiger partial charge >= 0.3 is 0 Å². The van der Waals surface area contributed by atoms with Crippen molar-refractivity contribution in [3.63, 3.8) is 0 Å². The Kier molecular flexibility index (Phi) is 46.5. The van der Waals surface area contributed by atoms with Crippen LogP contribution < -0.4 is 44.5 Å². The Labute approximate surface area is 833 Å². The predicted octanol–water partition coefficient (Wildman–Crippen LogP) is 33.7. The number of hydrogen-bond acceptors (Lipinski definition) is 10. The van der Waals surface area contributed by atoms with Gasteiger partial charge in [0.2, 0.25) is 0 Å². The Morgan fingerprint density at radius 3 is 0.560 bits per heavy atom. The zero-order chi connectivity index (χ0) is 95.4. The maximum absolute atomic E-state index is 16.7. The molecule has 0 amide bonds. The molecule has 0 aliphatic carbocycles. The quantitative estimate of drug-likeness (QED) is 0.0209. The summed E-state index contributed by atoms with van der Waals surface area (Å²) in [6.45, 7) is 18.7. The van der Waals surface area contributed by atoms with E-state index in [4.69, 9.17) is 9.97 Å². The van der Waals surface area contributed by atoms with Gasteiger partial charge in [-0.25, -0.2) is 9.97 Å². The lowest BCUT2D eigenvalue weighted by atomic mass is 9.92. The first-order chi connectivity index (χ1) is 65.3. The zero-order valence-corrected chi connectivity index (χ0v) is 90.4. The molecule has 740 valence electrons. The molecule has 11 aromatic rings. The van der Waals surface area contributed by atoms with Gasteiger partial charge in [-0.1, -0.05) is 415 Å². The van der Waals surface area contributed by atoms with Gasteiger partial charge in [-0.05, 0) is 151 Å². The number of aromatic amines is 2. The fourth-order valence-corrected chi connectivity index (χ4v) is 24.8. The van der Waals surface area contributed by atoms with E-state index < -0.39 is 44.5 Å². The number of H-pyrrole nitrogens is 2. The SMILES string of the molecule is CCCCCCCCCCC(CCCCCCCC)Cn1c(=O)c2c(Br)c(Br)c3c(=O)n(CC(CCCCCCCC)CCCCCCCCCC)c(=O)c4c5nc6cc7[nH]c8c([nH]c7cc6nc5c(c1=O)c2c34)c1c(=O)n(CC(CCCCCCCC)CCCCCCCCCC)c(=O)c2c(Br)c(Br)c3c(=O)n(CC(CCCCCCCC)CCCCCCCCCC)c(=O)c8c3c21. The van der Waals surface area contributed by atoms with Gasteiger partial charge in [-0.2, -0.15) is 0 Å². The third-order valence-electron chi connectivity index (χ3n) is 30.5. The summed E-state index contributed by atoms with van der Waals surface area (Å²) in [6, 6.07) is 3.68. The molecule has 0 saturated heterocycles. The summed E-state index contributed by atoms with van der Waals surface area (Å²) in [5.41, 5.74) is -1.65. The van der Waals surface area contributed by atoms with Crippen LogP contribution in [0.4, 0.5) is 0 Å². The molecule has 20 heteroatoms. The van der Waals surface area contributed by atoms with Crippen molar-refractivity contribution in [2.45, 2.75) is 493 Å². The molecule has 6 aromatic heterocycles. The van der Waals surface area contributed by atoms with Crippen molar-refractivity contribution in [2.24, 2.45) is 23.7 Å². The largest absolute Gasteiger partial charge is 0.351 e. The maximum atomic E-state index is 16.7. The summed E-state index contributed by atoms with van der Waals surface area (Å²) in [6.07, 6.45) is 70.7. The van der Waals surface area contributed by atoms with E-state index in [-0.39, 0.29) is 137 Å². The second-order valence-corrected chi connectivity index (χ2v) is 44.4. The van der Waals surface area contributed by atoms with Crippen molar-refractivity contribution in [1.82, 2.24) is 38.2 Å². The molecule has 0 spiro atoms. The van der Waals surface area contributed by atoms with Crippen LogP contribution in [0.15, 0.2) is 68.4 Å². The summed E-state index contributed by atoms with van der Waals surface area (Å²) in [7, 11) is 0. The third-order valence-corrected chi connectivity index (χ3v) is 34.7. The molecule has 0 radical (unpaired) electrons. The summed E-state index contributed by atoms with van der Waals surface area (Å²) in [4.78, 5) is 150. The molecule has 4 atom stereocenters. The third kappa shape index (κ3) is 28.0. The highest BCUT2D eigenvalue weighted by Crippen LogP contribution is 2.47. The predicted molar refractivity (Wildman–Crippen MR) is 587 cm³/mol. The summed E-state index contributed by atoms with van der Waals surface area (Å²) >= 11 is 15.9. The molecular weight excluding hydrogens is 1930 g/mol. The topological polar surface area (TPSA) is 214 Å². The molecule has 134 heavy (non-hydrogen) atoms. The molecule has 2 N–H and O–H groups in total. The van der Waals surface area contributed by atoms with E-state index in [1.165, 1.54) is 198 Å². The average Bonchev–Trinajstić information content (AvgIpc) is 0.684. The average molecular weight is 2100 g/mol. The number of nitrogens with zero attached hydrogens (tertiary/aromatic N) is 6. The van der Waals surface area contributed by atoms with Crippen molar-refractivity contribution in [3.05, 3.63) is 113 Å². The first-order valence-corrected chi connectivity index (χ1v) is 58.2. The van der Waals surface area contributed by atoms with Gasteiger partial charge in [0.05, 0.1) is 76.2 Å². The Bertz CT molecular complexity index is 5310. The van der Waals surface area contributed by atoms with E-state index in [9.17, 15) is 0 Å². The highest BCUT2D eigenvalue weighted by atomic mass is 79.9. The number of fused-ring (bicyclic) bond motifs is 8. The lowest BCUT2D eigenvalue weighted by Crippen LogP contribution is -2.38. The number of pyridine rings is 4. The van der Waals surface area contributed by atoms with E-state index in [1.807, 2.05) is 12.1 Å². The molecule has 0 aliphatic rings. The van der Waals surface area contributed by atoms with Crippen molar-refractivity contribution in [3.8, 4) is 0 Å². The van der Waals surface area contributed by atoms with E-state index >= 15 is 38.4 Å². The molecule has 6 heterocycles. The number of nitrogens with one attached hydrogen (secondary N) is 2. The zero-order valence-electron chi connectivity index (χ0n) is 84.0. The second-order valence-electron chi connectivity index (χ2n) is 41.2. The second kappa shape index (κ2) is 57.3. The lowest BCUT2D eigenvalue weighted by molar-refractivity contribution is 0.350. The summed E-state index contributed by atoms with van der Waals surface area (Å²) < 4.78 is 7.14. The fourth-order valence-electron chi connectivity index (χ4n) is 22.5. The van der Waals surface area contributed by atoms with Gasteiger partial charge < -0.3 is 9.97 Å². The highest BCUT2D eigenvalue weighted by Gasteiger charge is 2.35. The van der Waals surface area contributed by atoms with Gasteiger partial charge in [-0.15, -0.1) is 0 Å². The Hall–Kier alpha value is -5.70. The van der Waals surface area contributed by atoms with Crippen LogP contribution in [-0.4, -0.2) is 38.2 Å². The van der Waals surface area contributed by atoms with Crippen LogP contribution in [0.25, 0.3) is 109 Å². The Morgan fingerprint density at radius 1 is 0.216 bits per heavy atom. The molecule has 11 rings (SSSR count). The smallest absolute Gasteiger partial charge is 0.263 e. The van der Waals surface area contributed by atoms with E-state index in [0.29, 0.717) is 40.0 Å². The van der Waals surface area contributed by atoms with Gasteiger partial charge in [-0.3, -0.25) is 56.6 Å².